The summed E-state index contributed by atoms with van der Waals surface area (Å²) in [6.45, 7) is 2.23. The summed E-state index contributed by atoms with van der Waals surface area (Å²) in [5.74, 6) is -0.255. The minimum atomic E-state index is -0.629. The second-order valence-corrected chi connectivity index (χ2v) is 4.61. The maximum absolute atomic E-state index is 12.2. The molecule has 0 unspecified atom stereocenters. The van der Waals surface area contributed by atoms with E-state index in [4.69, 9.17) is 9.15 Å². The fourth-order valence-electron chi connectivity index (χ4n) is 2.03. The number of rotatable bonds is 4. The topological polar surface area (TPSA) is 94.3 Å². The summed E-state index contributed by atoms with van der Waals surface area (Å²) < 4.78 is 10.4. The highest BCUT2D eigenvalue weighted by Gasteiger charge is 2.13. The average molecular weight is 311 g/mol. The van der Waals surface area contributed by atoms with Crippen LogP contribution in [0.2, 0.25) is 0 Å². The molecular formula is C16H13N3O4. The van der Waals surface area contributed by atoms with Gasteiger partial charge in [-0.1, -0.05) is 18.2 Å². The van der Waals surface area contributed by atoms with E-state index in [0.29, 0.717) is 17.6 Å². The molecule has 0 aliphatic carbocycles. The average Bonchev–Trinajstić information content (AvgIpc) is 2.56. The molecule has 0 radical (unpaired) electrons. The van der Waals surface area contributed by atoms with E-state index in [0.717, 1.165) is 0 Å². The lowest BCUT2D eigenvalue weighted by atomic mass is 10.2. The standard InChI is InChI=1S/C16H13N3O4/c1-2-22-14-8-11(17-9-18-14)15(20)19-12-7-10-5-3-4-6-13(10)23-16(12)21/h3-9H,2H2,1H3,(H,19,20). The first kappa shape index (κ1) is 14.7. The molecule has 0 saturated carbocycles. The van der Waals surface area contributed by atoms with Crippen molar-refractivity contribution in [3.8, 4) is 5.88 Å². The highest BCUT2D eigenvalue weighted by Crippen LogP contribution is 2.16. The van der Waals surface area contributed by atoms with Crippen LogP contribution in [0.5, 0.6) is 5.88 Å². The van der Waals surface area contributed by atoms with Crippen LogP contribution in [0, 0.1) is 0 Å². The van der Waals surface area contributed by atoms with Crippen LogP contribution in [0.15, 0.2) is 51.9 Å². The van der Waals surface area contributed by atoms with Gasteiger partial charge in [-0.05, 0) is 19.1 Å². The zero-order valence-corrected chi connectivity index (χ0v) is 12.3. The number of benzene rings is 1. The first-order valence-corrected chi connectivity index (χ1v) is 6.96. The first-order chi connectivity index (χ1) is 11.2. The van der Waals surface area contributed by atoms with Crippen molar-refractivity contribution in [1.29, 1.82) is 0 Å². The van der Waals surface area contributed by atoms with E-state index in [1.54, 1.807) is 24.3 Å². The molecule has 0 saturated heterocycles. The molecule has 116 valence electrons. The van der Waals surface area contributed by atoms with Crippen LogP contribution in [0.25, 0.3) is 11.0 Å². The number of hydrogen-bond donors (Lipinski definition) is 1. The predicted molar refractivity (Wildman–Crippen MR) is 83.6 cm³/mol. The fourth-order valence-corrected chi connectivity index (χ4v) is 2.03. The van der Waals surface area contributed by atoms with Crippen LogP contribution in [0.1, 0.15) is 17.4 Å². The van der Waals surface area contributed by atoms with Gasteiger partial charge in [0.1, 0.15) is 23.3 Å². The third-order valence-corrected chi connectivity index (χ3v) is 3.06. The largest absolute Gasteiger partial charge is 0.478 e. The minimum Gasteiger partial charge on any atom is -0.478 e. The molecule has 23 heavy (non-hydrogen) atoms. The van der Waals surface area contributed by atoms with E-state index < -0.39 is 11.5 Å². The Labute approximate surface area is 130 Å². The van der Waals surface area contributed by atoms with E-state index in [-0.39, 0.29) is 17.3 Å². The number of anilines is 1. The Hall–Kier alpha value is -3.22. The van der Waals surface area contributed by atoms with Crippen molar-refractivity contribution < 1.29 is 13.9 Å². The Bertz CT molecular complexity index is 920. The van der Waals surface area contributed by atoms with Gasteiger partial charge in [0.25, 0.3) is 5.91 Å². The van der Waals surface area contributed by atoms with E-state index in [1.807, 2.05) is 13.0 Å². The normalized spacial score (nSPS) is 10.5. The Morgan fingerprint density at radius 3 is 2.91 bits per heavy atom. The highest BCUT2D eigenvalue weighted by atomic mass is 16.5. The van der Waals surface area contributed by atoms with E-state index in [2.05, 4.69) is 15.3 Å². The van der Waals surface area contributed by atoms with Crippen molar-refractivity contribution in [2.45, 2.75) is 6.92 Å². The zero-order chi connectivity index (χ0) is 16.2. The SMILES string of the molecule is CCOc1cc(C(=O)Nc2cc3ccccc3oc2=O)ncn1. The minimum absolute atomic E-state index is 0.0465. The number of amides is 1. The number of para-hydroxylation sites is 1. The molecule has 1 aromatic carbocycles. The van der Waals surface area contributed by atoms with Gasteiger partial charge in [-0.15, -0.1) is 0 Å². The number of nitrogens with one attached hydrogen (secondary N) is 1. The van der Waals surface area contributed by atoms with Crippen LogP contribution in [-0.4, -0.2) is 22.5 Å². The Morgan fingerprint density at radius 1 is 1.26 bits per heavy atom. The molecule has 3 rings (SSSR count). The molecule has 7 heteroatoms. The Balaban J connectivity index is 1.89. The fraction of sp³-hybridized carbons (Fsp3) is 0.125. The molecule has 1 amide bonds. The number of ether oxygens (including phenoxy) is 1. The summed E-state index contributed by atoms with van der Waals surface area (Å²) in [4.78, 5) is 31.9. The molecule has 0 fully saturated rings. The van der Waals surface area contributed by atoms with Crippen molar-refractivity contribution >= 4 is 22.6 Å². The number of carbonyl (C=O) groups excluding carboxylic acids is 1. The molecule has 3 aromatic rings. The van der Waals surface area contributed by atoms with Gasteiger partial charge >= 0.3 is 5.63 Å². The van der Waals surface area contributed by atoms with Gasteiger partial charge in [-0.25, -0.2) is 14.8 Å². The van der Waals surface area contributed by atoms with Gasteiger partial charge in [0.05, 0.1) is 6.61 Å². The third kappa shape index (κ3) is 3.18. The molecule has 1 N–H and O–H groups in total. The van der Waals surface area contributed by atoms with E-state index >= 15 is 0 Å². The van der Waals surface area contributed by atoms with Crippen molar-refractivity contribution in [3.05, 3.63) is 58.8 Å². The molecule has 0 spiro atoms. The maximum Gasteiger partial charge on any atom is 0.360 e. The second kappa shape index (κ2) is 6.27. The number of nitrogens with zero attached hydrogens (tertiary/aromatic N) is 2. The van der Waals surface area contributed by atoms with Gasteiger partial charge in [0.15, 0.2) is 0 Å². The number of hydrogen-bond acceptors (Lipinski definition) is 6. The lowest BCUT2D eigenvalue weighted by Crippen LogP contribution is -2.19. The van der Waals surface area contributed by atoms with Crippen LogP contribution in [-0.2, 0) is 0 Å². The molecule has 0 aliphatic rings. The molecular weight excluding hydrogens is 298 g/mol. The third-order valence-electron chi connectivity index (χ3n) is 3.06. The van der Waals surface area contributed by atoms with Crippen molar-refractivity contribution in [2.24, 2.45) is 0 Å². The van der Waals surface area contributed by atoms with Gasteiger partial charge < -0.3 is 14.5 Å². The van der Waals surface area contributed by atoms with Crippen molar-refractivity contribution in [3.63, 3.8) is 0 Å². The van der Waals surface area contributed by atoms with E-state index in [9.17, 15) is 9.59 Å². The Kier molecular flexibility index (Phi) is 4.01. The summed E-state index contributed by atoms with van der Waals surface area (Å²) in [5.41, 5.74) is -0.0337. The Morgan fingerprint density at radius 2 is 2.09 bits per heavy atom. The molecule has 0 bridgehead atoms. The number of fused-ring (bicyclic) bond motifs is 1. The quantitative estimate of drug-likeness (QED) is 0.743. The van der Waals surface area contributed by atoms with Gasteiger partial charge in [0.2, 0.25) is 5.88 Å². The predicted octanol–water partition coefficient (Wildman–Crippen LogP) is 2.23. The summed E-state index contributed by atoms with van der Waals surface area (Å²) in [6, 6.07) is 10.0. The van der Waals surface area contributed by atoms with Crippen LogP contribution in [0.4, 0.5) is 5.69 Å². The second-order valence-electron chi connectivity index (χ2n) is 4.61. The number of carbonyl (C=O) groups is 1. The van der Waals surface area contributed by atoms with Crippen LogP contribution >= 0.6 is 0 Å². The molecule has 0 aliphatic heterocycles. The first-order valence-electron chi connectivity index (χ1n) is 6.96. The van der Waals surface area contributed by atoms with Crippen LogP contribution in [0.3, 0.4) is 0 Å². The van der Waals surface area contributed by atoms with Gasteiger partial charge in [-0.3, -0.25) is 4.79 Å². The monoisotopic (exact) mass is 311 g/mol. The molecule has 7 nitrogen and oxygen atoms in total. The summed E-state index contributed by atoms with van der Waals surface area (Å²) in [6.07, 6.45) is 1.22. The number of aromatic nitrogens is 2. The zero-order valence-electron chi connectivity index (χ0n) is 12.3. The maximum atomic E-state index is 12.2. The smallest absolute Gasteiger partial charge is 0.360 e. The van der Waals surface area contributed by atoms with E-state index in [1.165, 1.54) is 12.4 Å². The van der Waals surface area contributed by atoms with Gasteiger partial charge in [-0.2, -0.15) is 0 Å². The molecule has 0 atom stereocenters. The molecule has 2 aromatic heterocycles. The van der Waals surface area contributed by atoms with Crippen LogP contribution < -0.4 is 15.7 Å². The molecule has 2 heterocycles. The summed E-state index contributed by atoms with van der Waals surface area (Å²) in [7, 11) is 0. The van der Waals surface area contributed by atoms with Crippen molar-refractivity contribution in [2.75, 3.05) is 11.9 Å². The lowest BCUT2D eigenvalue weighted by molar-refractivity contribution is 0.102. The summed E-state index contributed by atoms with van der Waals surface area (Å²) in [5, 5.41) is 3.21. The summed E-state index contributed by atoms with van der Waals surface area (Å²) >= 11 is 0. The highest BCUT2D eigenvalue weighted by molar-refractivity contribution is 6.03. The lowest BCUT2D eigenvalue weighted by Gasteiger charge is -2.06. The van der Waals surface area contributed by atoms with Gasteiger partial charge in [0, 0.05) is 11.5 Å². The van der Waals surface area contributed by atoms with Crippen molar-refractivity contribution in [1.82, 2.24) is 9.97 Å².